The van der Waals surface area contributed by atoms with Crippen LogP contribution in [0, 0.1) is 5.92 Å². The molecule has 0 radical (unpaired) electrons. The molecule has 1 aliphatic rings. The maximum Gasteiger partial charge on any atom is 0.222 e. The quantitative estimate of drug-likeness (QED) is 0.704. The Hall–Kier alpha value is -0.570. The van der Waals surface area contributed by atoms with Crippen LogP contribution in [-0.2, 0) is 9.53 Å². The lowest BCUT2D eigenvalue weighted by Gasteiger charge is -2.28. The van der Waals surface area contributed by atoms with E-state index in [1.807, 2.05) is 20.8 Å². The molecule has 0 saturated carbocycles. The zero-order valence-electron chi connectivity index (χ0n) is 8.67. The fraction of sp³-hybridized carbons (Fsp3) is 0.900. The first-order chi connectivity index (χ1) is 6.09. The molecule has 1 aliphatic heterocycles. The second kappa shape index (κ2) is 4.61. The lowest BCUT2D eigenvalue weighted by atomic mass is 10.0. The monoisotopic (exact) mass is 185 g/mol. The number of hydrogen-bond donors (Lipinski definition) is 1. The summed E-state index contributed by atoms with van der Waals surface area (Å²) < 4.78 is 5.40. The number of ether oxygens (including phenoxy) is 1. The van der Waals surface area contributed by atoms with Gasteiger partial charge in [0, 0.05) is 18.6 Å². The van der Waals surface area contributed by atoms with E-state index < -0.39 is 0 Å². The van der Waals surface area contributed by atoms with Crippen molar-refractivity contribution in [2.24, 2.45) is 5.92 Å². The van der Waals surface area contributed by atoms with Crippen molar-refractivity contribution >= 4 is 5.91 Å². The van der Waals surface area contributed by atoms with Gasteiger partial charge < -0.3 is 10.1 Å². The molecular formula is C10H19NO2. The molecule has 1 N–H and O–H groups in total. The summed E-state index contributed by atoms with van der Waals surface area (Å²) in [6, 6.07) is 0.318. The first-order valence-corrected chi connectivity index (χ1v) is 5.01. The fourth-order valence-corrected chi connectivity index (χ4v) is 1.50. The molecule has 0 bridgehead atoms. The molecule has 1 fully saturated rings. The zero-order valence-corrected chi connectivity index (χ0v) is 8.67. The number of hydrogen-bond acceptors (Lipinski definition) is 2. The maximum absolute atomic E-state index is 11.4. The molecule has 0 aliphatic carbocycles. The van der Waals surface area contributed by atoms with E-state index in [4.69, 9.17) is 4.74 Å². The number of amides is 1. The summed E-state index contributed by atoms with van der Waals surface area (Å²) in [5.41, 5.74) is 0. The number of nitrogens with one attached hydrogen (secondary N) is 1. The maximum atomic E-state index is 11.4. The zero-order chi connectivity index (χ0) is 9.84. The van der Waals surface area contributed by atoms with Crippen LogP contribution >= 0.6 is 0 Å². The molecule has 1 heterocycles. The Morgan fingerprint density at radius 1 is 1.54 bits per heavy atom. The smallest absolute Gasteiger partial charge is 0.222 e. The first-order valence-electron chi connectivity index (χ1n) is 5.01. The summed E-state index contributed by atoms with van der Waals surface area (Å²) in [4.78, 5) is 11.4. The normalized spacial score (nSPS) is 28.9. The van der Waals surface area contributed by atoms with Crippen LogP contribution in [0.25, 0.3) is 0 Å². The van der Waals surface area contributed by atoms with Crippen LogP contribution < -0.4 is 5.32 Å². The average Bonchev–Trinajstić information content (AvgIpc) is 2.04. The topological polar surface area (TPSA) is 38.3 Å². The summed E-state index contributed by atoms with van der Waals surface area (Å²) in [7, 11) is 0. The van der Waals surface area contributed by atoms with Crippen molar-refractivity contribution in [1.82, 2.24) is 5.32 Å². The van der Waals surface area contributed by atoms with Crippen molar-refractivity contribution in [3.63, 3.8) is 0 Å². The molecule has 2 atom stereocenters. The Bertz CT molecular complexity index is 180. The van der Waals surface area contributed by atoms with Gasteiger partial charge in [0.15, 0.2) is 0 Å². The van der Waals surface area contributed by atoms with Crippen molar-refractivity contribution in [1.29, 1.82) is 0 Å². The minimum absolute atomic E-state index is 0.0816. The van der Waals surface area contributed by atoms with Crippen molar-refractivity contribution in [2.45, 2.75) is 45.8 Å². The van der Waals surface area contributed by atoms with Gasteiger partial charge in [0.05, 0.1) is 6.10 Å². The van der Waals surface area contributed by atoms with Crippen molar-refractivity contribution in [2.75, 3.05) is 6.61 Å². The minimum Gasteiger partial charge on any atom is -0.378 e. The van der Waals surface area contributed by atoms with E-state index in [1.165, 1.54) is 0 Å². The van der Waals surface area contributed by atoms with Gasteiger partial charge in [-0.3, -0.25) is 4.79 Å². The highest BCUT2D eigenvalue weighted by atomic mass is 16.5. The second-order valence-electron chi connectivity index (χ2n) is 4.07. The van der Waals surface area contributed by atoms with Gasteiger partial charge in [-0.1, -0.05) is 13.8 Å². The Morgan fingerprint density at radius 3 is 2.77 bits per heavy atom. The molecule has 13 heavy (non-hydrogen) atoms. The number of rotatable bonds is 2. The van der Waals surface area contributed by atoms with Gasteiger partial charge in [-0.2, -0.15) is 0 Å². The third-order valence-electron chi connectivity index (χ3n) is 2.36. The van der Waals surface area contributed by atoms with Gasteiger partial charge in [-0.15, -0.1) is 0 Å². The molecule has 1 saturated heterocycles. The average molecular weight is 185 g/mol. The Labute approximate surface area is 79.8 Å². The van der Waals surface area contributed by atoms with Crippen LogP contribution in [0.1, 0.15) is 33.6 Å². The highest BCUT2D eigenvalue weighted by molar-refractivity contribution is 5.78. The van der Waals surface area contributed by atoms with Crippen LogP contribution in [-0.4, -0.2) is 24.7 Å². The Kier molecular flexibility index (Phi) is 3.72. The molecule has 76 valence electrons. The van der Waals surface area contributed by atoms with E-state index in [0.717, 1.165) is 19.4 Å². The summed E-state index contributed by atoms with van der Waals surface area (Å²) >= 11 is 0. The van der Waals surface area contributed by atoms with Crippen LogP contribution in [0.5, 0.6) is 0 Å². The molecule has 1 amide bonds. The highest BCUT2D eigenvalue weighted by Gasteiger charge is 2.21. The third-order valence-corrected chi connectivity index (χ3v) is 2.36. The van der Waals surface area contributed by atoms with Crippen LogP contribution in [0.4, 0.5) is 0 Å². The van der Waals surface area contributed by atoms with Crippen molar-refractivity contribution < 1.29 is 9.53 Å². The molecule has 2 unspecified atom stereocenters. The summed E-state index contributed by atoms with van der Waals surface area (Å²) in [5.74, 6) is 0.234. The predicted molar refractivity (Wildman–Crippen MR) is 51.4 cm³/mol. The fourth-order valence-electron chi connectivity index (χ4n) is 1.50. The van der Waals surface area contributed by atoms with Gasteiger partial charge >= 0.3 is 0 Å². The van der Waals surface area contributed by atoms with Gasteiger partial charge in [0.25, 0.3) is 0 Å². The first kappa shape index (κ1) is 10.5. The molecule has 0 aromatic carbocycles. The number of carbonyl (C=O) groups excluding carboxylic acids is 1. The molecule has 0 aromatic rings. The minimum atomic E-state index is 0.0816. The molecule has 0 aromatic heterocycles. The molecular weight excluding hydrogens is 166 g/mol. The van der Waals surface area contributed by atoms with Gasteiger partial charge in [0.2, 0.25) is 5.91 Å². The van der Waals surface area contributed by atoms with E-state index in [-0.39, 0.29) is 17.9 Å². The van der Waals surface area contributed by atoms with Crippen molar-refractivity contribution in [3.8, 4) is 0 Å². The van der Waals surface area contributed by atoms with E-state index in [9.17, 15) is 4.79 Å². The Morgan fingerprint density at radius 2 is 2.23 bits per heavy atom. The standard InChI is InChI=1S/C10H19NO2/c1-7(2)10(12)11-9-4-5-13-8(3)6-9/h7-9H,4-6H2,1-3H3,(H,11,12). The predicted octanol–water partition coefficient (Wildman–Crippen LogP) is 1.33. The van der Waals surface area contributed by atoms with E-state index in [1.54, 1.807) is 0 Å². The lowest BCUT2D eigenvalue weighted by molar-refractivity contribution is -0.125. The van der Waals surface area contributed by atoms with E-state index >= 15 is 0 Å². The number of carbonyl (C=O) groups is 1. The summed E-state index contributed by atoms with van der Waals surface area (Å²) in [6.07, 6.45) is 2.17. The molecule has 3 nitrogen and oxygen atoms in total. The third kappa shape index (κ3) is 3.35. The van der Waals surface area contributed by atoms with Gasteiger partial charge in [-0.25, -0.2) is 0 Å². The van der Waals surface area contributed by atoms with E-state index in [0.29, 0.717) is 6.04 Å². The second-order valence-corrected chi connectivity index (χ2v) is 4.07. The highest BCUT2D eigenvalue weighted by Crippen LogP contribution is 2.13. The van der Waals surface area contributed by atoms with Crippen LogP contribution in [0.3, 0.4) is 0 Å². The van der Waals surface area contributed by atoms with Crippen molar-refractivity contribution in [3.05, 3.63) is 0 Å². The van der Waals surface area contributed by atoms with Crippen LogP contribution in [0.2, 0.25) is 0 Å². The lowest BCUT2D eigenvalue weighted by Crippen LogP contribution is -2.42. The molecule has 3 heteroatoms. The van der Waals surface area contributed by atoms with E-state index in [2.05, 4.69) is 5.32 Å². The molecule has 0 spiro atoms. The SMILES string of the molecule is CC1CC(NC(=O)C(C)C)CCO1. The Balaban J connectivity index is 2.31. The summed E-state index contributed by atoms with van der Waals surface area (Å²) in [5, 5.41) is 3.03. The largest absolute Gasteiger partial charge is 0.378 e. The van der Waals surface area contributed by atoms with Gasteiger partial charge in [-0.05, 0) is 19.8 Å². The van der Waals surface area contributed by atoms with Crippen LogP contribution in [0.15, 0.2) is 0 Å². The van der Waals surface area contributed by atoms with Gasteiger partial charge in [0.1, 0.15) is 0 Å². The molecule has 1 rings (SSSR count). The summed E-state index contributed by atoms with van der Waals surface area (Å²) in [6.45, 7) is 6.65.